The summed E-state index contributed by atoms with van der Waals surface area (Å²) in [6.45, 7) is 1.86. The highest BCUT2D eigenvalue weighted by molar-refractivity contribution is 5.67. The first-order valence-corrected chi connectivity index (χ1v) is 5.61. The van der Waals surface area contributed by atoms with Crippen molar-refractivity contribution in [3.63, 3.8) is 0 Å². The van der Waals surface area contributed by atoms with Gasteiger partial charge in [-0.25, -0.2) is 14.3 Å². The number of rotatable bonds is 4. The standard InChI is InChI=1S/C10H14N4O4/c1-2-3-4-10(17,18)14-8(15)6-7(12-5-11-6)13-9(14)16/h5,17-18H,2-4H2,1H3,(H,11,12)(H,13,16). The molecule has 0 aliphatic heterocycles. The first kappa shape index (κ1) is 12.5. The molecule has 2 rings (SSSR count). The topological polar surface area (TPSA) is 124 Å². The minimum Gasteiger partial charge on any atom is -0.348 e. The van der Waals surface area contributed by atoms with Crippen LogP contribution in [0.25, 0.3) is 11.2 Å². The minimum atomic E-state index is -2.50. The Labute approximate surface area is 101 Å². The maximum absolute atomic E-state index is 12.0. The number of hydrogen-bond donors (Lipinski definition) is 4. The molecule has 98 valence electrons. The third-order valence-corrected chi connectivity index (χ3v) is 2.71. The van der Waals surface area contributed by atoms with Gasteiger partial charge in [-0.1, -0.05) is 13.3 Å². The number of imidazole rings is 1. The summed E-state index contributed by atoms with van der Waals surface area (Å²) in [5.74, 6) is -2.50. The van der Waals surface area contributed by atoms with Crippen LogP contribution >= 0.6 is 0 Å². The van der Waals surface area contributed by atoms with E-state index in [9.17, 15) is 19.8 Å². The normalized spacial score (nSPS) is 12.2. The molecule has 0 unspecified atom stereocenters. The quantitative estimate of drug-likeness (QED) is 0.532. The molecular formula is C10H14N4O4. The molecule has 0 aromatic carbocycles. The Hall–Kier alpha value is -1.93. The highest BCUT2D eigenvalue weighted by Gasteiger charge is 2.29. The molecule has 2 aromatic heterocycles. The average molecular weight is 254 g/mol. The van der Waals surface area contributed by atoms with E-state index in [0.29, 0.717) is 17.4 Å². The van der Waals surface area contributed by atoms with Gasteiger partial charge < -0.3 is 15.2 Å². The SMILES string of the molecule is CCCCC(O)(O)n1c(=O)[nH]c2nc[nH]c2c1=O. The van der Waals surface area contributed by atoms with E-state index in [2.05, 4.69) is 15.0 Å². The summed E-state index contributed by atoms with van der Waals surface area (Å²) < 4.78 is 0.392. The Balaban J connectivity index is 2.63. The van der Waals surface area contributed by atoms with Crippen LogP contribution in [0.5, 0.6) is 0 Å². The van der Waals surface area contributed by atoms with Crippen LogP contribution in [0.15, 0.2) is 15.9 Å². The largest absolute Gasteiger partial charge is 0.348 e. The van der Waals surface area contributed by atoms with Gasteiger partial charge in [-0.3, -0.25) is 9.78 Å². The highest BCUT2D eigenvalue weighted by Crippen LogP contribution is 2.13. The van der Waals surface area contributed by atoms with Gasteiger partial charge in [0.2, 0.25) is 0 Å². The molecule has 0 amide bonds. The molecule has 0 saturated heterocycles. The molecule has 0 fully saturated rings. The third-order valence-electron chi connectivity index (χ3n) is 2.71. The van der Waals surface area contributed by atoms with Gasteiger partial charge in [0.25, 0.3) is 11.5 Å². The molecule has 0 radical (unpaired) electrons. The van der Waals surface area contributed by atoms with Crippen LogP contribution < -0.4 is 11.2 Å². The predicted molar refractivity (Wildman–Crippen MR) is 62.9 cm³/mol. The number of unbranched alkanes of at least 4 members (excludes halogenated alkanes) is 1. The fourth-order valence-electron chi connectivity index (χ4n) is 1.76. The lowest BCUT2D eigenvalue weighted by Crippen LogP contribution is -2.49. The Bertz CT molecular complexity index is 666. The fourth-order valence-corrected chi connectivity index (χ4v) is 1.76. The lowest BCUT2D eigenvalue weighted by atomic mass is 10.2. The zero-order chi connectivity index (χ0) is 13.3. The molecule has 0 atom stereocenters. The number of nitrogens with zero attached hydrogens (tertiary/aromatic N) is 2. The zero-order valence-corrected chi connectivity index (χ0v) is 9.80. The molecule has 2 aromatic rings. The van der Waals surface area contributed by atoms with Crippen molar-refractivity contribution in [3.8, 4) is 0 Å². The second kappa shape index (κ2) is 4.39. The molecule has 0 bridgehead atoms. The van der Waals surface area contributed by atoms with Gasteiger partial charge in [-0.05, 0) is 6.42 Å². The average Bonchev–Trinajstić information content (AvgIpc) is 2.74. The molecule has 8 nitrogen and oxygen atoms in total. The number of fused-ring (bicyclic) bond motifs is 1. The number of aromatic amines is 2. The fraction of sp³-hybridized carbons (Fsp3) is 0.500. The Morgan fingerprint density at radius 2 is 2.17 bits per heavy atom. The highest BCUT2D eigenvalue weighted by atomic mass is 16.5. The summed E-state index contributed by atoms with van der Waals surface area (Å²) in [7, 11) is 0. The van der Waals surface area contributed by atoms with Gasteiger partial charge in [0.15, 0.2) is 5.65 Å². The Morgan fingerprint density at radius 1 is 1.44 bits per heavy atom. The van der Waals surface area contributed by atoms with Crippen LogP contribution in [-0.2, 0) is 5.91 Å². The van der Waals surface area contributed by atoms with Gasteiger partial charge >= 0.3 is 5.69 Å². The molecule has 0 spiro atoms. The van der Waals surface area contributed by atoms with E-state index in [1.165, 1.54) is 6.33 Å². The van der Waals surface area contributed by atoms with Crippen molar-refractivity contribution in [1.29, 1.82) is 0 Å². The van der Waals surface area contributed by atoms with Gasteiger partial charge in [-0.15, -0.1) is 0 Å². The molecule has 2 heterocycles. The maximum Gasteiger partial charge on any atom is 0.334 e. The number of aromatic nitrogens is 4. The van der Waals surface area contributed by atoms with Crippen LogP contribution in [0.2, 0.25) is 0 Å². The summed E-state index contributed by atoms with van der Waals surface area (Å²) in [5.41, 5.74) is -1.60. The first-order valence-electron chi connectivity index (χ1n) is 5.61. The van der Waals surface area contributed by atoms with E-state index in [1.54, 1.807) is 0 Å². The monoisotopic (exact) mass is 254 g/mol. The lowest BCUT2D eigenvalue weighted by molar-refractivity contribution is -0.238. The summed E-state index contributed by atoms with van der Waals surface area (Å²) >= 11 is 0. The summed E-state index contributed by atoms with van der Waals surface area (Å²) in [4.78, 5) is 32.3. The predicted octanol–water partition coefficient (Wildman–Crippen LogP) is -0.802. The summed E-state index contributed by atoms with van der Waals surface area (Å²) in [6.07, 6.45) is 2.32. The van der Waals surface area contributed by atoms with Gasteiger partial charge in [0, 0.05) is 6.42 Å². The lowest BCUT2D eigenvalue weighted by Gasteiger charge is -2.22. The van der Waals surface area contributed by atoms with E-state index >= 15 is 0 Å². The third kappa shape index (κ3) is 1.95. The first-order chi connectivity index (χ1) is 8.47. The van der Waals surface area contributed by atoms with Crippen molar-refractivity contribution < 1.29 is 10.2 Å². The van der Waals surface area contributed by atoms with Crippen LogP contribution in [0.4, 0.5) is 0 Å². The van der Waals surface area contributed by atoms with Crippen molar-refractivity contribution in [3.05, 3.63) is 27.2 Å². The number of aliphatic hydroxyl groups is 2. The molecule has 0 aliphatic carbocycles. The van der Waals surface area contributed by atoms with E-state index in [1.807, 2.05) is 6.92 Å². The maximum atomic E-state index is 12.0. The van der Waals surface area contributed by atoms with Crippen molar-refractivity contribution in [2.24, 2.45) is 0 Å². The zero-order valence-electron chi connectivity index (χ0n) is 9.80. The second-order valence-electron chi connectivity index (χ2n) is 4.07. The molecule has 18 heavy (non-hydrogen) atoms. The van der Waals surface area contributed by atoms with E-state index in [-0.39, 0.29) is 17.6 Å². The van der Waals surface area contributed by atoms with Crippen LogP contribution in [0.3, 0.4) is 0 Å². The van der Waals surface area contributed by atoms with E-state index in [4.69, 9.17) is 0 Å². The van der Waals surface area contributed by atoms with Crippen molar-refractivity contribution >= 4 is 11.2 Å². The summed E-state index contributed by atoms with van der Waals surface area (Å²) in [5, 5.41) is 19.7. The minimum absolute atomic E-state index is 0.0265. The summed E-state index contributed by atoms with van der Waals surface area (Å²) in [6, 6.07) is 0. The molecule has 0 saturated carbocycles. The molecule has 8 heteroatoms. The Morgan fingerprint density at radius 3 is 2.83 bits per heavy atom. The van der Waals surface area contributed by atoms with Crippen molar-refractivity contribution in [2.45, 2.75) is 32.1 Å². The Kier molecular flexibility index (Phi) is 3.05. The van der Waals surface area contributed by atoms with Crippen LogP contribution in [0, 0.1) is 0 Å². The van der Waals surface area contributed by atoms with Crippen LogP contribution in [0.1, 0.15) is 26.2 Å². The smallest absolute Gasteiger partial charge is 0.334 e. The van der Waals surface area contributed by atoms with Gasteiger partial charge in [-0.2, -0.15) is 0 Å². The second-order valence-corrected chi connectivity index (χ2v) is 4.07. The van der Waals surface area contributed by atoms with Crippen molar-refractivity contribution in [1.82, 2.24) is 19.5 Å². The molecular weight excluding hydrogens is 240 g/mol. The van der Waals surface area contributed by atoms with E-state index < -0.39 is 17.2 Å². The molecule has 4 N–H and O–H groups in total. The number of nitrogens with one attached hydrogen (secondary N) is 2. The number of H-pyrrole nitrogens is 2. The van der Waals surface area contributed by atoms with E-state index in [0.717, 1.165) is 0 Å². The van der Waals surface area contributed by atoms with Gasteiger partial charge in [0.1, 0.15) is 5.52 Å². The van der Waals surface area contributed by atoms with Crippen LogP contribution in [-0.4, -0.2) is 29.7 Å². The van der Waals surface area contributed by atoms with Gasteiger partial charge in [0.05, 0.1) is 6.33 Å². The van der Waals surface area contributed by atoms with Crippen molar-refractivity contribution in [2.75, 3.05) is 0 Å². The molecule has 0 aliphatic rings. The number of hydrogen-bond acceptors (Lipinski definition) is 5.